The minimum absolute atomic E-state index is 0.549. The van der Waals surface area contributed by atoms with Crippen molar-refractivity contribution in [3.8, 4) is 0 Å². The van der Waals surface area contributed by atoms with E-state index in [4.69, 9.17) is 4.74 Å². The summed E-state index contributed by atoms with van der Waals surface area (Å²) in [5.74, 6) is 1.17. The van der Waals surface area contributed by atoms with Gasteiger partial charge >= 0.3 is 0 Å². The van der Waals surface area contributed by atoms with Crippen molar-refractivity contribution in [1.29, 1.82) is 0 Å². The Bertz CT molecular complexity index is 240. The molecule has 1 aromatic heterocycles. The predicted molar refractivity (Wildman–Crippen MR) is 41.5 cm³/mol. The zero-order chi connectivity index (χ0) is 7.68. The van der Waals surface area contributed by atoms with Crippen molar-refractivity contribution in [2.75, 3.05) is 13.2 Å². The van der Waals surface area contributed by atoms with Gasteiger partial charge in [-0.2, -0.15) is 0 Å². The van der Waals surface area contributed by atoms with Crippen LogP contribution < -0.4 is 0 Å². The SMILES string of the molecule is CCc1nccn1C1COC1. The third kappa shape index (κ3) is 1.05. The zero-order valence-corrected chi connectivity index (χ0v) is 6.66. The summed E-state index contributed by atoms with van der Waals surface area (Å²) in [6.45, 7) is 3.82. The highest BCUT2D eigenvalue weighted by Gasteiger charge is 2.21. The molecule has 0 aliphatic carbocycles. The molecule has 1 saturated heterocycles. The van der Waals surface area contributed by atoms with E-state index in [0.29, 0.717) is 6.04 Å². The molecule has 0 N–H and O–H groups in total. The van der Waals surface area contributed by atoms with Crippen molar-refractivity contribution >= 4 is 0 Å². The predicted octanol–water partition coefficient (Wildman–Crippen LogP) is 1.02. The maximum atomic E-state index is 5.11. The summed E-state index contributed by atoms with van der Waals surface area (Å²) in [5, 5.41) is 0. The van der Waals surface area contributed by atoms with Crippen molar-refractivity contribution in [3.63, 3.8) is 0 Å². The highest BCUT2D eigenvalue weighted by Crippen LogP contribution is 2.18. The summed E-state index contributed by atoms with van der Waals surface area (Å²) in [6, 6.07) is 0.549. The lowest BCUT2D eigenvalue weighted by molar-refractivity contribution is -0.0244. The first-order chi connectivity index (χ1) is 5.42. The van der Waals surface area contributed by atoms with Gasteiger partial charge in [0.2, 0.25) is 0 Å². The number of hydrogen-bond donors (Lipinski definition) is 0. The van der Waals surface area contributed by atoms with Gasteiger partial charge in [-0.25, -0.2) is 4.98 Å². The summed E-state index contributed by atoms with van der Waals surface area (Å²) in [5.41, 5.74) is 0. The minimum atomic E-state index is 0.549. The van der Waals surface area contributed by atoms with Crippen LogP contribution in [-0.4, -0.2) is 22.8 Å². The molecule has 0 spiro atoms. The Morgan fingerprint density at radius 1 is 1.73 bits per heavy atom. The molecular formula is C8H12N2O. The van der Waals surface area contributed by atoms with Gasteiger partial charge in [0.15, 0.2) is 0 Å². The molecule has 2 rings (SSSR count). The summed E-state index contributed by atoms with van der Waals surface area (Å²) in [7, 11) is 0. The van der Waals surface area contributed by atoms with E-state index in [0.717, 1.165) is 19.6 Å². The molecule has 0 saturated carbocycles. The Kier molecular flexibility index (Phi) is 1.66. The standard InChI is InChI=1S/C8H12N2O/c1-2-8-9-3-4-10(8)7-5-11-6-7/h3-4,7H,2,5-6H2,1H3. The summed E-state index contributed by atoms with van der Waals surface area (Å²) >= 11 is 0. The average Bonchev–Trinajstić information content (AvgIpc) is 2.32. The fraction of sp³-hybridized carbons (Fsp3) is 0.625. The van der Waals surface area contributed by atoms with Gasteiger partial charge in [-0.15, -0.1) is 0 Å². The molecule has 0 unspecified atom stereocenters. The van der Waals surface area contributed by atoms with E-state index in [1.54, 1.807) is 0 Å². The van der Waals surface area contributed by atoms with Gasteiger partial charge < -0.3 is 9.30 Å². The molecule has 2 heterocycles. The fourth-order valence-corrected chi connectivity index (χ4v) is 1.33. The van der Waals surface area contributed by atoms with Crippen LogP contribution in [0.15, 0.2) is 12.4 Å². The Labute approximate surface area is 66.0 Å². The van der Waals surface area contributed by atoms with E-state index >= 15 is 0 Å². The van der Waals surface area contributed by atoms with Crippen LogP contribution in [0.3, 0.4) is 0 Å². The normalized spacial score (nSPS) is 18.3. The molecule has 3 heteroatoms. The van der Waals surface area contributed by atoms with E-state index in [-0.39, 0.29) is 0 Å². The Morgan fingerprint density at radius 2 is 2.55 bits per heavy atom. The van der Waals surface area contributed by atoms with Crippen LogP contribution in [0.1, 0.15) is 18.8 Å². The first-order valence-corrected chi connectivity index (χ1v) is 4.01. The number of ether oxygens (including phenoxy) is 1. The Hall–Kier alpha value is -0.830. The Balaban J connectivity index is 2.20. The van der Waals surface area contributed by atoms with Crippen molar-refractivity contribution in [1.82, 2.24) is 9.55 Å². The van der Waals surface area contributed by atoms with Gasteiger partial charge in [-0.05, 0) is 0 Å². The highest BCUT2D eigenvalue weighted by atomic mass is 16.5. The van der Waals surface area contributed by atoms with Gasteiger partial charge in [-0.3, -0.25) is 0 Å². The van der Waals surface area contributed by atoms with E-state index < -0.39 is 0 Å². The van der Waals surface area contributed by atoms with Gasteiger partial charge in [-0.1, -0.05) is 6.92 Å². The third-order valence-corrected chi connectivity index (χ3v) is 2.08. The molecule has 1 fully saturated rings. The van der Waals surface area contributed by atoms with Gasteiger partial charge in [0, 0.05) is 18.8 Å². The zero-order valence-electron chi connectivity index (χ0n) is 6.66. The quantitative estimate of drug-likeness (QED) is 0.632. The number of hydrogen-bond acceptors (Lipinski definition) is 2. The molecule has 0 aromatic carbocycles. The molecule has 11 heavy (non-hydrogen) atoms. The first-order valence-electron chi connectivity index (χ1n) is 4.01. The third-order valence-electron chi connectivity index (χ3n) is 2.08. The highest BCUT2D eigenvalue weighted by molar-refractivity contribution is 4.96. The molecule has 1 aromatic rings. The van der Waals surface area contributed by atoms with Crippen molar-refractivity contribution in [2.24, 2.45) is 0 Å². The number of imidazole rings is 1. The molecule has 0 atom stereocenters. The van der Waals surface area contributed by atoms with E-state index in [2.05, 4.69) is 16.5 Å². The number of aromatic nitrogens is 2. The van der Waals surface area contributed by atoms with Crippen LogP contribution in [0.25, 0.3) is 0 Å². The lowest BCUT2D eigenvalue weighted by Crippen LogP contribution is -2.31. The van der Waals surface area contributed by atoms with Crippen molar-refractivity contribution in [2.45, 2.75) is 19.4 Å². The second-order valence-electron chi connectivity index (χ2n) is 2.80. The number of nitrogens with zero attached hydrogens (tertiary/aromatic N) is 2. The molecule has 1 aliphatic rings. The maximum absolute atomic E-state index is 5.11. The Morgan fingerprint density at radius 3 is 3.09 bits per heavy atom. The summed E-state index contributed by atoms with van der Waals surface area (Å²) < 4.78 is 7.32. The lowest BCUT2D eigenvalue weighted by atomic mass is 10.2. The van der Waals surface area contributed by atoms with Crippen LogP contribution in [0.2, 0.25) is 0 Å². The second-order valence-corrected chi connectivity index (χ2v) is 2.80. The molecule has 0 radical (unpaired) electrons. The topological polar surface area (TPSA) is 27.1 Å². The number of aryl methyl sites for hydroxylation is 1. The average molecular weight is 152 g/mol. The summed E-state index contributed by atoms with van der Waals surface area (Å²) in [6.07, 6.45) is 4.90. The molecule has 0 amide bonds. The molecule has 0 bridgehead atoms. The van der Waals surface area contributed by atoms with Crippen molar-refractivity contribution in [3.05, 3.63) is 18.2 Å². The van der Waals surface area contributed by atoms with Crippen molar-refractivity contribution < 1.29 is 4.74 Å². The van der Waals surface area contributed by atoms with E-state index in [1.807, 2.05) is 12.4 Å². The molecule has 1 aliphatic heterocycles. The first kappa shape index (κ1) is 6.85. The van der Waals surface area contributed by atoms with Crippen LogP contribution in [0, 0.1) is 0 Å². The maximum Gasteiger partial charge on any atom is 0.108 e. The summed E-state index contributed by atoms with van der Waals surface area (Å²) in [4.78, 5) is 4.24. The van der Waals surface area contributed by atoms with E-state index in [9.17, 15) is 0 Å². The molecular weight excluding hydrogens is 140 g/mol. The molecule has 3 nitrogen and oxygen atoms in total. The van der Waals surface area contributed by atoms with Crippen LogP contribution in [-0.2, 0) is 11.2 Å². The largest absolute Gasteiger partial charge is 0.377 e. The second kappa shape index (κ2) is 2.66. The minimum Gasteiger partial charge on any atom is -0.377 e. The van der Waals surface area contributed by atoms with E-state index in [1.165, 1.54) is 5.82 Å². The lowest BCUT2D eigenvalue weighted by Gasteiger charge is -2.28. The smallest absolute Gasteiger partial charge is 0.108 e. The van der Waals surface area contributed by atoms with Gasteiger partial charge in [0.05, 0.1) is 19.3 Å². The van der Waals surface area contributed by atoms with Crippen LogP contribution >= 0.6 is 0 Å². The van der Waals surface area contributed by atoms with Gasteiger partial charge in [0.25, 0.3) is 0 Å². The van der Waals surface area contributed by atoms with Crippen LogP contribution in [0.5, 0.6) is 0 Å². The van der Waals surface area contributed by atoms with Crippen LogP contribution in [0.4, 0.5) is 0 Å². The number of rotatable bonds is 2. The monoisotopic (exact) mass is 152 g/mol. The molecule has 60 valence electrons. The fourth-order valence-electron chi connectivity index (χ4n) is 1.33. The van der Waals surface area contributed by atoms with Gasteiger partial charge in [0.1, 0.15) is 5.82 Å².